The zero-order valence-electron chi connectivity index (χ0n) is 13.5. The Morgan fingerprint density at radius 2 is 1.90 bits per heavy atom. The molecule has 1 heterocycles. The number of nitrogens with zero attached hydrogens (tertiary/aromatic N) is 1. The van der Waals surface area contributed by atoms with E-state index in [0.29, 0.717) is 0 Å². The normalized spacial score (nSPS) is 30.8. The Kier molecular flexibility index (Phi) is 6.31. The molecule has 0 aromatic rings. The van der Waals surface area contributed by atoms with Crippen molar-refractivity contribution in [1.82, 2.24) is 10.2 Å². The number of piperidine rings is 1. The van der Waals surface area contributed by atoms with Gasteiger partial charge < -0.3 is 15.3 Å². The Hall–Kier alpha value is -0.120. The highest BCUT2D eigenvalue weighted by molar-refractivity contribution is 4.84. The molecule has 2 aliphatic rings. The number of likely N-dealkylation sites (N-methyl/N-ethyl adjacent to an activating group) is 1. The molecule has 1 aliphatic carbocycles. The van der Waals surface area contributed by atoms with Crippen LogP contribution in [-0.2, 0) is 0 Å². The van der Waals surface area contributed by atoms with Gasteiger partial charge in [-0.1, -0.05) is 25.7 Å². The molecule has 3 nitrogen and oxygen atoms in total. The van der Waals surface area contributed by atoms with Gasteiger partial charge in [-0.25, -0.2) is 0 Å². The Labute approximate surface area is 125 Å². The lowest BCUT2D eigenvalue weighted by Gasteiger charge is -2.41. The first kappa shape index (κ1) is 16.3. The summed E-state index contributed by atoms with van der Waals surface area (Å²) in [4.78, 5) is 2.70. The highest BCUT2D eigenvalue weighted by Crippen LogP contribution is 2.36. The summed E-state index contributed by atoms with van der Waals surface area (Å²) in [5, 5.41) is 12.6. The van der Waals surface area contributed by atoms with Crippen LogP contribution >= 0.6 is 0 Å². The van der Waals surface area contributed by atoms with E-state index in [4.69, 9.17) is 0 Å². The number of hydrogen-bond acceptors (Lipinski definition) is 3. The molecule has 1 aliphatic heterocycles. The van der Waals surface area contributed by atoms with Crippen molar-refractivity contribution in [3.8, 4) is 0 Å². The summed E-state index contributed by atoms with van der Waals surface area (Å²) in [6.45, 7) is 6.28. The zero-order chi connectivity index (χ0) is 14.4. The van der Waals surface area contributed by atoms with Crippen LogP contribution in [0.4, 0.5) is 0 Å². The molecule has 0 bridgehead atoms. The molecule has 20 heavy (non-hydrogen) atoms. The molecule has 3 heteroatoms. The molecule has 0 spiro atoms. The van der Waals surface area contributed by atoms with Gasteiger partial charge in [0.05, 0.1) is 6.61 Å². The Bertz CT molecular complexity index is 278. The summed E-state index contributed by atoms with van der Waals surface area (Å²) in [5.41, 5.74) is -0.0869. The van der Waals surface area contributed by atoms with Gasteiger partial charge in [0, 0.05) is 12.1 Å². The maximum Gasteiger partial charge on any atom is 0.0610 e. The van der Waals surface area contributed by atoms with Gasteiger partial charge in [0.25, 0.3) is 0 Å². The fourth-order valence-electron chi connectivity index (χ4n) is 4.01. The highest BCUT2D eigenvalue weighted by atomic mass is 16.3. The predicted octanol–water partition coefficient (Wildman–Crippen LogP) is 2.64. The van der Waals surface area contributed by atoms with E-state index in [1.165, 1.54) is 64.6 Å². The van der Waals surface area contributed by atoms with Gasteiger partial charge in [-0.15, -0.1) is 0 Å². The monoisotopic (exact) mass is 282 g/mol. The summed E-state index contributed by atoms with van der Waals surface area (Å²) < 4.78 is 0. The van der Waals surface area contributed by atoms with Crippen LogP contribution in [0.2, 0.25) is 0 Å². The summed E-state index contributed by atoms with van der Waals surface area (Å²) in [6.07, 6.45) is 10.9. The number of fused-ring (bicyclic) bond motifs is 1. The van der Waals surface area contributed by atoms with E-state index in [2.05, 4.69) is 17.1 Å². The van der Waals surface area contributed by atoms with Crippen LogP contribution in [0.3, 0.4) is 0 Å². The van der Waals surface area contributed by atoms with E-state index >= 15 is 0 Å². The van der Waals surface area contributed by atoms with E-state index < -0.39 is 0 Å². The molecule has 0 aromatic heterocycles. The van der Waals surface area contributed by atoms with Crippen LogP contribution < -0.4 is 5.32 Å². The van der Waals surface area contributed by atoms with Crippen LogP contribution in [-0.4, -0.2) is 48.8 Å². The van der Waals surface area contributed by atoms with Crippen LogP contribution in [0.25, 0.3) is 0 Å². The largest absolute Gasteiger partial charge is 0.394 e. The molecule has 1 saturated heterocycles. The molecule has 2 rings (SSSR count). The SMILES string of the molecule is CNC(C)(CO)CCCCN1CCC2CCCCC2C1. The zero-order valence-corrected chi connectivity index (χ0v) is 13.5. The van der Waals surface area contributed by atoms with E-state index in [0.717, 1.165) is 18.3 Å². The fourth-order valence-corrected chi connectivity index (χ4v) is 4.01. The van der Waals surface area contributed by atoms with Crippen molar-refractivity contribution in [3.05, 3.63) is 0 Å². The Morgan fingerprint density at radius 1 is 1.15 bits per heavy atom. The lowest BCUT2D eigenvalue weighted by molar-refractivity contribution is 0.0845. The van der Waals surface area contributed by atoms with Gasteiger partial charge in [0.15, 0.2) is 0 Å². The topological polar surface area (TPSA) is 35.5 Å². The summed E-state index contributed by atoms with van der Waals surface area (Å²) >= 11 is 0. The number of aliphatic hydroxyl groups excluding tert-OH is 1. The summed E-state index contributed by atoms with van der Waals surface area (Å²) in [6, 6.07) is 0. The number of aliphatic hydroxyl groups is 1. The minimum atomic E-state index is -0.0869. The summed E-state index contributed by atoms with van der Waals surface area (Å²) in [5.74, 6) is 2.04. The minimum Gasteiger partial charge on any atom is -0.394 e. The smallest absolute Gasteiger partial charge is 0.0610 e. The average Bonchev–Trinajstić information content (AvgIpc) is 2.51. The maximum absolute atomic E-state index is 9.39. The third-order valence-electron chi connectivity index (χ3n) is 5.78. The van der Waals surface area contributed by atoms with E-state index in [1.807, 2.05) is 7.05 Å². The van der Waals surface area contributed by atoms with Crippen molar-refractivity contribution in [3.63, 3.8) is 0 Å². The van der Waals surface area contributed by atoms with E-state index in [1.54, 1.807) is 0 Å². The molecule has 0 radical (unpaired) electrons. The molecular formula is C17H34N2O. The first-order valence-corrected chi connectivity index (χ1v) is 8.69. The van der Waals surface area contributed by atoms with Crippen molar-refractivity contribution in [2.75, 3.05) is 33.3 Å². The second kappa shape index (κ2) is 7.77. The van der Waals surface area contributed by atoms with Crippen molar-refractivity contribution >= 4 is 0 Å². The number of unbranched alkanes of at least 4 members (excludes halogenated alkanes) is 1. The lowest BCUT2D eigenvalue weighted by atomic mass is 9.75. The van der Waals surface area contributed by atoms with Crippen LogP contribution in [0.1, 0.15) is 58.3 Å². The average molecular weight is 282 g/mol. The van der Waals surface area contributed by atoms with Crippen molar-refractivity contribution in [2.24, 2.45) is 11.8 Å². The lowest BCUT2D eigenvalue weighted by Crippen LogP contribution is -2.44. The third-order valence-corrected chi connectivity index (χ3v) is 5.78. The molecule has 118 valence electrons. The van der Waals surface area contributed by atoms with Crippen LogP contribution in [0.5, 0.6) is 0 Å². The molecule has 2 fully saturated rings. The standard InChI is InChI=1S/C17H34N2O/c1-17(14-20,18-2)10-5-6-11-19-12-9-15-7-3-4-8-16(15)13-19/h15-16,18,20H,3-14H2,1-2H3. The molecule has 1 saturated carbocycles. The van der Waals surface area contributed by atoms with Crippen molar-refractivity contribution in [1.29, 1.82) is 0 Å². The summed E-state index contributed by atoms with van der Waals surface area (Å²) in [7, 11) is 1.95. The van der Waals surface area contributed by atoms with E-state index in [-0.39, 0.29) is 12.1 Å². The predicted molar refractivity (Wildman–Crippen MR) is 84.9 cm³/mol. The first-order chi connectivity index (χ1) is 9.67. The molecule has 0 aromatic carbocycles. The van der Waals surface area contributed by atoms with Gasteiger partial charge in [0.2, 0.25) is 0 Å². The minimum absolute atomic E-state index is 0.0869. The maximum atomic E-state index is 9.39. The fraction of sp³-hybridized carbons (Fsp3) is 1.00. The van der Waals surface area contributed by atoms with Gasteiger partial charge >= 0.3 is 0 Å². The number of hydrogen-bond donors (Lipinski definition) is 2. The second-order valence-corrected chi connectivity index (χ2v) is 7.32. The Morgan fingerprint density at radius 3 is 2.60 bits per heavy atom. The van der Waals surface area contributed by atoms with Gasteiger partial charge in [0.1, 0.15) is 0 Å². The highest BCUT2D eigenvalue weighted by Gasteiger charge is 2.30. The van der Waals surface area contributed by atoms with E-state index in [9.17, 15) is 5.11 Å². The number of rotatable bonds is 7. The van der Waals surface area contributed by atoms with Gasteiger partial charge in [-0.3, -0.25) is 0 Å². The molecule has 0 amide bonds. The van der Waals surface area contributed by atoms with Gasteiger partial charge in [-0.2, -0.15) is 0 Å². The van der Waals surface area contributed by atoms with Crippen LogP contribution in [0, 0.1) is 11.8 Å². The van der Waals surface area contributed by atoms with Crippen LogP contribution in [0.15, 0.2) is 0 Å². The first-order valence-electron chi connectivity index (χ1n) is 8.69. The third kappa shape index (κ3) is 4.44. The number of nitrogens with one attached hydrogen (secondary N) is 1. The quantitative estimate of drug-likeness (QED) is 0.705. The van der Waals surface area contributed by atoms with Crippen molar-refractivity contribution in [2.45, 2.75) is 63.8 Å². The molecule has 3 atom stereocenters. The number of likely N-dealkylation sites (tertiary alicyclic amines) is 1. The molecule has 2 N–H and O–H groups in total. The Balaban J connectivity index is 1.62. The van der Waals surface area contributed by atoms with Crippen molar-refractivity contribution < 1.29 is 5.11 Å². The molecular weight excluding hydrogens is 248 g/mol. The second-order valence-electron chi connectivity index (χ2n) is 7.32. The van der Waals surface area contributed by atoms with Gasteiger partial charge in [-0.05, 0) is 64.6 Å². The molecule has 3 unspecified atom stereocenters.